The molecule has 1 amide bonds. The summed E-state index contributed by atoms with van der Waals surface area (Å²) in [5, 5.41) is 4.22. The van der Waals surface area contributed by atoms with E-state index in [0.717, 1.165) is 17.7 Å². The summed E-state index contributed by atoms with van der Waals surface area (Å²) < 4.78 is 2.03. The van der Waals surface area contributed by atoms with Crippen LogP contribution >= 0.6 is 22.9 Å². The fraction of sp³-hybridized carbons (Fsp3) is 0.353. The molecule has 128 valence electrons. The molecule has 0 saturated heterocycles. The van der Waals surface area contributed by atoms with E-state index in [1.807, 2.05) is 13.0 Å². The van der Waals surface area contributed by atoms with Gasteiger partial charge in [0.25, 0.3) is 11.5 Å². The molecule has 2 heterocycles. The molecule has 0 bridgehead atoms. The number of aryl methyl sites for hydroxylation is 1. The van der Waals surface area contributed by atoms with Gasteiger partial charge in [-0.3, -0.25) is 9.59 Å². The molecular formula is C17H20ClN3O2S. The van der Waals surface area contributed by atoms with Gasteiger partial charge in [0.2, 0.25) is 0 Å². The molecule has 0 aliphatic carbocycles. The molecule has 0 saturated carbocycles. The molecule has 0 fully saturated rings. The predicted octanol–water partition coefficient (Wildman–Crippen LogP) is 3.59. The van der Waals surface area contributed by atoms with Crippen molar-refractivity contribution >= 4 is 28.8 Å². The number of amides is 1. The quantitative estimate of drug-likeness (QED) is 0.672. The first-order valence-corrected chi connectivity index (χ1v) is 8.97. The van der Waals surface area contributed by atoms with Gasteiger partial charge in [0, 0.05) is 24.0 Å². The van der Waals surface area contributed by atoms with Crippen molar-refractivity contribution < 1.29 is 4.79 Å². The number of unbranched alkanes of at least 4 members (excludes halogenated alkanes) is 1. The van der Waals surface area contributed by atoms with Crippen LogP contribution in [0.25, 0.3) is 0 Å². The molecule has 0 unspecified atom stereocenters. The second-order valence-electron chi connectivity index (χ2n) is 5.31. The summed E-state index contributed by atoms with van der Waals surface area (Å²) in [6, 6.07) is 6.57. The van der Waals surface area contributed by atoms with E-state index in [1.165, 1.54) is 28.2 Å². The summed E-state index contributed by atoms with van der Waals surface area (Å²) in [7, 11) is 0. The second kappa shape index (κ2) is 8.80. The number of rotatable bonds is 8. The van der Waals surface area contributed by atoms with Crippen molar-refractivity contribution in [3.05, 3.63) is 62.2 Å². The molecule has 0 atom stereocenters. The maximum atomic E-state index is 12.8. The lowest BCUT2D eigenvalue weighted by Crippen LogP contribution is -2.33. The number of nitrogens with zero attached hydrogens (tertiary/aromatic N) is 3. The van der Waals surface area contributed by atoms with E-state index < -0.39 is 0 Å². The fourth-order valence-electron chi connectivity index (χ4n) is 2.19. The Hall–Kier alpha value is -1.92. The Morgan fingerprint density at radius 2 is 2.21 bits per heavy atom. The maximum Gasteiger partial charge on any atom is 0.274 e. The van der Waals surface area contributed by atoms with Crippen LogP contribution in [0.5, 0.6) is 0 Å². The Labute approximate surface area is 150 Å². The van der Waals surface area contributed by atoms with Gasteiger partial charge in [0.05, 0.1) is 10.9 Å². The Balaban J connectivity index is 2.22. The van der Waals surface area contributed by atoms with Crippen LogP contribution in [-0.4, -0.2) is 27.1 Å². The van der Waals surface area contributed by atoms with Crippen molar-refractivity contribution in [3.63, 3.8) is 0 Å². The first kappa shape index (κ1) is 18.4. The van der Waals surface area contributed by atoms with Gasteiger partial charge in [-0.1, -0.05) is 31.0 Å². The third-order valence-corrected chi connectivity index (χ3v) is 4.64. The number of hydrogen-bond donors (Lipinski definition) is 0. The van der Waals surface area contributed by atoms with Crippen LogP contribution in [0.1, 0.15) is 35.1 Å². The van der Waals surface area contributed by atoms with Crippen LogP contribution in [0.2, 0.25) is 4.34 Å². The van der Waals surface area contributed by atoms with E-state index in [-0.39, 0.29) is 17.2 Å². The number of carbonyl (C=O) groups is 1. The van der Waals surface area contributed by atoms with Gasteiger partial charge in [0.1, 0.15) is 5.69 Å². The first-order valence-electron chi connectivity index (χ1n) is 7.77. The molecule has 2 rings (SSSR count). The van der Waals surface area contributed by atoms with E-state index in [2.05, 4.69) is 11.7 Å². The van der Waals surface area contributed by atoms with E-state index in [0.29, 0.717) is 24.0 Å². The minimum Gasteiger partial charge on any atom is -0.328 e. The van der Waals surface area contributed by atoms with Crippen molar-refractivity contribution in [1.29, 1.82) is 0 Å². The summed E-state index contributed by atoms with van der Waals surface area (Å²) in [6.45, 7) is 7.08. The van der Waals surface area contributed by atoms with Gasteiger partial charge in [-0.05, 0) is 24.6 Å². The highest BCUT2D eigenvalue weighted by atomic mass is 35.5. The summed E-state index contributed by atoms with van der Waals surface area (Å²) in [5.41, 5.74) is 0.0653. The van der Waals surface area contributed by atoms with Crippen LogP contribution in [0, 0.1) is 0 Å². The lowest BCUT2D eigenvalue weighted by molar-refractivity contribution is 0.0755. The molecule has 0 aromatic carbocycles. The standard InChI is InChI=1S/C17H20ClN3O2S/c1-3-5-11-21-16(22)9-7-14(19-21)17(23)20(10-4-2)12-13-6-8-15(18)24-13/h4,6-9H,2-3,5,10-12H2,1H3. The van der Waals surface area contributed by atoms with Crippen LogP contribution in [0.3, 0.4) is 0 Å². The van der Waals surface area contributed by atoms with E-state index in [4.69, 9.17) is 11.6 Å². The van der Waals surface area contributed by atoms with Crippen LogP contribution in [-0.2, 0) is 13.1 Å². The summed E-state index contributed by atoms with van der Waals surface area (Å²) in [4.78, 5) is 27.2. The molecule has 0 radical (unpaired) electrons. The normalized spacial score (nSPS) is 10.6. The topological polar surface area (TPSA) is 55.2 Å². The highest BCUT2D eigenvalue weighted by molar-refractivity contribution is 7.16. The van der Waals surface area contributed by atoms with Crippen LogP contribution < -0.4 is 5.56 Å². The zero-order valence-electron chi connectivity index (χ0n) is 13.6. The minimum absolute atomic E-state index is 0.194. The zero-order valence-corrected chi connectivity index (χ0v) is 15.1. The Bertz CT molecular complexity index is 769. The molecule has 0 aliphatic heterocycles. The SMILES string of the molecule is C=CCN(Cc1ccc(Cl)s1)C(=O)c1ccc(=O)n(CCCC)n1. The predicted molar refractivity (Wildman–Crippen MR) is 97.7 cm³/mol. The molecule has 2 aromatic heterocycles. The first-order chi connectivity index (χ1) is 11.5. The van der Waals surface area contributed by atoms with Gasteiger partial charge in [-0.15, -0.1) is 17.9 Å². The maximum absolute atomic E-state index is 12.8. The summed E-state index contributed by atoms with van der Waals surface area (Å²) >= 11 is 7.38. The highest BCUT2D eigenvalue weighted by Gasteiger charge is 2.18. The third kappa shape index (κ3) is 4.79. The van der Waals surface area contributed by atoms with Crippen LogP contribution in [0.4, 0.5) is 0 Å². The van der Waals surface area contributed by atoms with Gasteiger partial charge >= 0.3 is 0 Å². The van der Waals surface area contributed by atoms with Crippen molar-refractivity contribution in [3.8, 4) is 0 Å². The van der Waals surface area contributed by atoms with Crippen molar-refractivity contribution in [1.82, 2.24) is 14.7 Å². The molecule has 24 heavy (non-hydrogen) atoms. The molecule has 0 N–H and O–H groups in total. The van der Waals surface area contributed by atoms with Crippen LogP contribution in [0.15, 0.2) is 41.7 Å². The lowest BCUT2D eigenvalue weighted by Gasteiger charge is -2.20. The number of carbonyl (C=O) groups excluding carboxylic acids is 1. The Morgan fingerprint density at radius 3 is 2.83 bits per heavy atom. The van der Waals surface area contributed by atoms with E-state index >= 15 is 0 Å². The van der Waals surface area contributed by atoms with Gasteiger partial charge in [0.15, 0.2) is 0 Å². The average molecular weight is 366 g/mol. The molecule has 2 aromatic rings. The minimum atomic E-state index is -0.232. The molecular weight excluding hydrogens is 346 g/mol. The number of thiophene rings is 1. The van der Waals surface area contributed by atoms with E-state index in [1.54, 1.807) is 17.0 Å². The van der Waals surface area contributed by atoms with Gasteiger partial charge in [-0.25, -0.2) is 4.68 Å². The second-order valence-corrected chi connectivity index (χ2v) is 7.11. The lowest BCUT2D eigenvalue weighted by atomic mass is 10.3. The fourth-order valence-corrected chi connectivity index (χ4v) is 3.30. The highest BCUT2D eigenvalue weighted by Crippen LogP contribution is 2.23. The monoisotopic (exact) mass is 365 g/mol. The Kier molecular flexibility index (Phi) is 6.75. The number of hydrogen-bond acceptors (Lipinski definition) is 4. The zero-order chi connectivity index (χ0) is 17.5. The molecule has 5 nitrogen and oxygen atoms in total. The summed E-state index contributed by atoms with van der Waals surface area (Å²) in [6.07, 6.45) is 3.46. The molecule has 7 heteroatoms. The third-order valence-electron chi connectivity index (χ3n) is 3.42. The van der Waals surface area contributed by atoms with Gasteiger partial charge in [-0.2, -0.15) is 5.10 Å². The Morgan fingerprint density at radius 1 is 1.42 bits per heavy atom. The molecule has 0 spiro atoms. The largest absolute Gasteiger partial charge is 0.328 e. The van der Waals surface area contributed by atoms with E-state index in [9.17, 15) is 9.59 Å². The number of halogens is 1. The summed E-state index contributed by atoms with van der Waals surface area (Å²) in [5.74, 6) is -0.232. The van der Waals surface area contributed by atoms with Crippen molar-refractivity contribution in [2.24, 2.45) is 0 Å². The average Bonchev–Trinajstić information content (AvgIpc) is 2.98. The van der Waals surface area contributed by atoms with Crippen molar-refractivity contribution in [2.75, 3.05) is 6.54 Å². The smallest absolute Gasteiger partial charge is 0.274 e. The van der Waals surface area contributed by atoms with Crippen molar-refractivity contribution in [2.45, 2.75) is 32.9 Å². The molecule has 0 aliphatic rings. The van der Waals surface area contributed by atoms with Gasteiger partial charge < -0.3 is 4.90 Å². The number of aromatic nitrogens is 2.